The Bertz CT molecular complexity index is 1140. The van der Waals surface area contributed by atoms with Crippen LogP contribution in [0.1, 0.15) is 44.2 Å². The maximum Gasteiger partial charge on any atom is 0.337 e. The molecule has 4 atom stereocenters. The summed E-state index contributed by atoms with van der Waals surface area (Å²) in [6.07, 6.45) is 1.08. The molecule has 4 unspecified atom stereocenters. The average Bonchev–Trinajstić information content (AvgIpc) is 3.17. The topological polar surface area (TPSA) is 85.0 Å². The number of hydrogen-bond acceptors (Lipinski definition) is 4. The van der Waals surface area contributed by atoms with Crippen molar-refractivity contribution >= 4 is 29.4 Å². The molecule has 8 nitrogen and oxygen atoms in total. The molecule has 36 heavy (non-hydrogen) atoms. The van der Waals surface area contributed by atoms with Gasteiger partial charge in [0.15, 0.2) is 6.29 Å². The molecule has 2 aromatic rings. The number of rotatable bonds is 6. The molecule has 0 bridgehead atoms. The zero-order valence-electron chi connectivity index (χ0n) is 20.6. The molecule has 5 rings (SSSR count). The second kappa shape index (κ2) is 10.1. The van der Waals surface area contributed by atoms with E-state index in [1.165, 1.54) is 0 Å². The standard InChI is InChI=1S/C27H32ClN5O3/c1-17(2)29-24(34)20-11-12-22-23(14-20)33-26(31(25(22)35)15-18-7-4-3-5-8-18)30-32(27(33)36)16-19-9-6-10-21(28)13-19/h3-10,13,17,20,22-23,26,30H,11-12,14-16H2,1-2H3,(H,29,34). The Balaban J connectivity index is 1.44. The Kier molecular flexibility index (Phi) is 6.90. The van der Waals surface area contributed by atoms with Crippen molar-refractivity contribution in [2.45, 2.75) is 64.6 Å². The van der Waals surface area contributed by atoms with Gasteiger partial charge in [-0.15, -0.1) is 0 Å². The zero-order chi connectivity index (χ0) is 25.4. The zero-order valence-corrected chi connectivity index (χ0v) is 21.3. The molecule has 0 radical (unpaired) electrons. The Morgan fingerprint density at radius 3 is 2.53 bits per heavy atom. The average molecular weight is 510 g/mol. The molecule has 1 aliphatic carbocycles. The molecular weight excluding hydrogens is 478 g/mol. The quantitative estimate of drug-likeness (QED) is 0.621. The van der Waals surface area contributed by atoms with Gasteiger partial charge in [0, 0.05) is 29.6 Å². The maximum atomic E-state index is 13.8. The van der Waals surface area contributed by atoms with Crippen LogP contribution in [-0.4, -0.2) is 51.0 Å². The van der Waals surface area contributed by atoms with Gasteiger partial charge in [0.2, 0.25) is 11.8 Å². The molecule has 2 saturated heterocycles. The number of carbonyl (C=O) groups excluding carboxylic acids is 3. The molecule has 0 aromatic heterocycles. The third-order valence-corrected chi connectivity index (χ3v) is 7.52. The molecule has 2 heterocycles. The smallest absolute Gasteiger partial charge is 0.337 e. The van der Waals surface area contributed by atoms with E-state index in [0.717, 1.165) is 11.1 Å². The van der Waals surface area contributed by atoms with Crippen LogP contribution < -0.4 is 10.7 Å². The van der Waals surface area contributed by atoms with E-state index in [-0.39, 0.29) is 41.8 Å². The van der Waals surface area contributed by atoms with Crippen molar-refractivity contribution in [3.05, 3.63) is 70.7 Å². The highest BCUT2D eigenvalue weighted by Crippen LogP contribution is 2.41. The summed E-state index contributed by atoms with van der Waals surface area (Å²) in [5.74, 6) is -0.533. The van der Waals surface area contributed by atoms with Crippen LogP contribution in [0.25, 0.3) is 0 Å². The van der Waals surface area contributed by atoms with Gasteiger partial charge < -0.3 is 10.2 Å². The van der Waals surface area contributed by atoms with Crippen LogP contribution in [0.15, 0.2) is 54.6 Å². The van der Waals surface area contributed by atoms with Gasteiger partial charge in [0.25, 0.3) is 0 Å². The van der Waals surface area contributed by atoms with E-state index in [2.05, 4.69) is 10.7 Å². The van der Waals surface area contributed by atoms with Gasteiger partial charge in [0.1, 0.15) is 0 Å². The number of nitrogens with one attached hydrogen (secondary N) is 2. The number of halogens is 1. The lowest BCUT2D eigenvalue weighted by Gasteiger charge is -2.49. The molecule has 4 amide bonds. The van der Waals surface area contributed by atoms with Crippen molar-refractivity contribution < 1.29 is 14.4 Å². The van der Waals surface area contributed by atoms with E-state index in [4.69, 9.17) is 11.6 Å². The Labute approximate surface area is 216 Å². The lowest BCUT2D eigenvalue weighted by Crippen LogP contribution is -2.66. The van der Waals surface area contributed by atoms with Gasteiger partial charge in [-0.3, -0.25) is 19.5 Å². The first-order chi connectivity index (χ1) is 17.3. The van der Waals surface area contributed by atoms with Crippen molar-refractivity contribution in [2.24, 2.45) is 11.8 Å². The van der Waals surface area contributed by atoms with Crippen molar-refractivity contribution in [3.8, 4) is 0 Å². The van der Waals surface area contributed by atoms with Crippen LogP contribution in [0.2, 0.25) is 5.02 Å². The summed E-state index contributed by atoms with van der Waals surface area (Å²) in [7, 11) is 0. The molecule has 9 heteroatoms. The van der Waals surface area contributed by atoms with E-state index in [1.807, 2.05) is 62.4 Å². The second-order valence-corrected chi connectivity index (χ2v) is 10.6. The largest absolute Gasteiger partial charge is 0.354 e. The lowest BCUT2D eigenvalue weighted by molar-refractivity contribution is -0.159. The first-order valence-corrected chi connectivity index (χ1v) is 12.9. The van der Waals surface area contributed by atoms with Crippen molar-refractivity contribution in [1.29, 1.82) is 0 Å². The minimum absolute atomic E-state index is 0.00504. The molecule has 2 aromatic carbocycles. The summed E-state index contributed by atoms with van der Waals surface area (Å²) in [5, 5.41) is 5.16. The van der Waals surface area contributed by atoms with Crippen molar-refractivity contribution in [1.82, 2.24) is 25.6 Å². The molecule has 2 aliphatic heterocycles. The Hall–Kier alpha value is -3.10. The number of carbonyl (C=O) groups is 3. The normalized spacial score (nSPS) is 25.7. The predicted octanol–water partition coefficient (Wildman–Crippen LogP) is 3.72. The predicted molar refractivity (Wildman–Crippen MR) is 136 cm³/mol. The number of amides is 4. The fourth-order valence-electron chi connectivity index (χ4n) is 5.64. The van der Waals surface area contributed by atoms with Crippen LogP contribution in [-0.2, 0) is 22.7 Å². The Morgan fingerprint density at radius 2 is 1.81 bits per heavy atom. The van der Waals surface area contributed by atoms with Crippen LogP contribution in [0.3, 0.4) is 0 Å². The van der Waals surface area contributed by atoms with Gasteiger partial charge in [-0.1, -0.05) is 54.1 Å². The third-order valence-electron chi connectivity index (χ3n) is 7.28. The lowest BCUT2D eigenvalue weighted by atomic mass is 9.75. The van der Waals surface area contributed by atoms with Crippen LogP contribution in [0, 0.1) is 11.8 Å². The number of benzene rings is 2. The van der Waals surface area contributed by atoms with Gasteiger partial charge in [0.05, 0.1) is 12.5 Å². The first-order valence-electron chi connectivity index (χ1n) is 12.6. The minimum Gasteiger partial charge on any atom is -0.354 e. The van der Waals surface area contributed by atoms with Gasteiger partial charge in [-0.25, -0.2) is 4.79 Å². The Morgan fingerprint density at radius 1 is 1.06 bits per heavy atom. The maximum absolute atomic E-state index is 13.8. The molecule has 1 saturated carbocycles. The highest BCUT2D eigenvalue weighted by Gasteiger charge is 2.56. The number of hydrazine groups is 1. The van der Waals surface area contributed by atoms with E-state index in [9.17, 15) is 14.4 Å². The fraction of sp³-hybridized carbons (Fsp3) is 0.444. The van der Waals surface area contributed by atoms with Gasteiger partial charge in [-0.2, -0.15) is 5.43 Å². The summed E-state index contributed by atoms with van der Waals surface area (Å²) in [6, 6.07) is 16.7. The summed E-state index contributed by atoms with van der Waals surface area (Å²) >= 11 is 6.17. The first kappa shape index (κ1) is 24.6. The number of fused-ring (bicyclic) bond motifs is 3. The summed E-state index contributed by atoms with van der Waals surface area (Å²) < 4.78 is 0. The number of urea groups is 1. The van der Waals surface area contributed by atoms with Crippen LogP contribution in [0.5, 0.6) is 0 Å². The molecule has 190 valence electrons. The summed E-state index contributed by atoms with van der Waals surface area (Å²) in [4.78, 5) is 43.9. The molecule has 2 N–H and O–H groups in total. The number of nitrogens with zero attached hydrogens (tertiary/aromatic N) is 3. The number of hydrogen-bond donors (Lipinski definition) is 2. The fourth-order valence-corrected chi connectivity index (χ4v) is 5.85. The molecule has 3 fully saturated rings. The summed E-state index contributed by atoms with van der Waals surface area (Å²) in [5.41, 5.74) is 5.18. The van der Waals surface area contributed by atoms with Crippen LogP contribution >= 0.6 is 11.6 Å². The minimum atomic E-state index is -0.613. The molecule has 0 spiro atoms. The van der Waals surface area contributed by atoms with Crippen LogP contribution in [0.4, 0.5) is 4.79 Å². The van der Waals surface area contributed by atoms with Gasteiger partial charge >= 0.3 is 6.03 Å². The highest BCUT2D eigenvalue weighted by atomic mass is 35.5. The highest BCUT2D eigenvalue weighted by molar-refractivity contribution is 6.30. The van der Waals surface area contributed by atoms with E-state index < -0.39 is 6.29 Å². The van der Waals surface area contributed by atoms with Gasteiger partial charge in [-0.05, 0) is 56.4 Å². The monoisotopic (exact) mass is 509 g/mol. The second-order valence-electron chi connectivity index (χ2n) is 10.2. The SMILES string of the molecule is CC(C)NC(=O)C1CCC2C(=O)N(Cc3ccccc3)C3NN(Cc4cccc(Cl)c4)C(=O)N3C2C1. The molecule has 3 aliphatic rings. The van der Waals surface area contributed by atoms with E-state index in [0.29, 0.717) is 37.4 Å². The van der Waals surface area contributed by atoms with E-state index in [1.54, 1.807) is 20.9 Å². The molecular formula is C27H32ClN5O3. The van der Waals surface area contributed by atoms with Crippen molar-refractivity contribution in [3.63, 3.8) is 0 Å². The summed E-state index contributed by atoms with van der Waals surface area (Å²) in [6.45, 7) is 4.58. The van der Waals surface area contributed by atoms with Crippen molar-refractivity contribution in [2.75, 3.05) is 0 Å². The third kappa shape index (κ3) is 4.80. The van der Waals surface area contributed by atoms with E-state index >= 15 is 0 Å².